The zero-order valence-corrected chi connectivity index (χ0v) is 13.4. The second-order valence-corrected chi connectivity index (χ2v) is 7.07. The first-order chi connectivity index (χ1) is 11.1. The Balaban J connectivity index is 1.55. The molecule has 6 heteroatoms. The maximum Gasteiger partial charge on any atom is 0.253 e. The van der Waals surface area contributed by atoms with E-state index in [1.165, 1.54) is 19.3 Å². The molecule has 2 aromatic heterocycles. The van der Waals surface area contributed by atoms with Gasteiger partial charge in [0.15, 0.2) is 5.65 Å². The number of nitrogens with two attached hydrogens (primary N) is 1. The molecule has 2 unspecified atom stereocenters. The molecule has 2 bridgehead atoms. The first-order valence-electron chi connectivity index (χ1n) is 8.49. The minimum atomic E-state index is -0.00243. The van der Waals surface area contributed by atoms with Crippen LogP contribution in [0.2, 0.25) is 0 Å². The van der Waals surface area contributed by atoms with Crippen LogP contribution >= 0.6 is 0 Å². The number of carbonyl (C=O) groups is 1. The highest BCUT2D eigenvalue weighted by Crippen LogP contribution is 2.39. The molecule has 4 rings (SSSR count). The molecule has 3 N–H and O–H groups in total. The van der Waals surface area contributed by atoms with E-state index in [1.54, 1.807) is 0 Å². The summed E-state index contributed by atoms with van der Waals surface area (Å²) in [6, 6.07) is 4.23. The van der Waals surface area contributed by atoms with E-state index < -0.39 is 0 Å². The molecule has 23 heavy (non-hydrogen) atoms. The smallest absolute Gasteiger partial charge is 0.253 e. The molecule has 2 aromatic rings. The average molecular weight is 313 g/mol. The quantitative estimate of drug-likeness (QED) is 0.883. The maximum absolute atomic E-state index is 12.7. The molecular formula is C17H23N5O. The van der Waals surface area contributed by atoms with Gasteiger partial charge in [0.25, 0.3) is 5.91 Å². The van der Waals surface area contributed by atoms with E-state index in [0.29, 0.717) is 23.4 Å². The first kappa shape index (κ1) is 14.6. The normalized spacial score (nSPS) is 30.3. The molecule has 2 aliphatic carbocycles. The van der Waals surface area contributed by atoms with E-state index in [0.717, 1.165) is 24.3 Å². The maximum atomic E-state index is 12.7. The summed E-state index contributed by atoms with van der Waals surface area (Å²) in [6.45, 7) is 1.88. The van der Waals surface area contributed by atoms with Gasteiger partial charge in [-0.3, -0.25) is 9.20 Å². The number of rotatable bonds is 2. The van der Waals surface area contributed by atoms with Gasteiger partial charge in [0.05, 0.1) is 5.56 Å². The molecule has 2 atom stereocenters. The van der Waals surface area contributed by atoms with Gasteiger partial charge >= 0.3 is 0 Å². The average Bonchev–Trinajstić information content (AvgIpc) is 2.89. The van der Waals surface area contributed by atoms with Gasteiger partial charge in [-0.15, -0.1) is 10.2 Å². The van der Waals surface area contributed by atoms with Crippen molar-refractivity contribution in [3.8, 4) is 0 Å². The van der Waals surface area contributed by atoms with Crippen LogP contribution in [0.15, 0.2) is 18.3 Å². The number of aromatic nitrogens is 3. The fourth-order valence-electron chi connectivity index (χ4n) is 4.40. The molecule has 0 aromatic carbocycles. The van der Waals surface area contributed by atoms with Crippen molar-refractivity contribution in [2.45, 2.75) is 51.1 Å². The molecule has 1 amide bonds. The fourth-order valence-corrected chi connectivity index (χ4v) is 4.40. The van der Waals surface area contributed by atoms with Crippen LogP contribution in [0.4, 0.5) is 0 Å². The van der Waals surface area contributed by atoms with Crippen molar-refractivity contribution in [3.63, 3.8) is 0 Å². The zero-order valence-electron chi connectivity index (χ0n) is 13.4. The Labute approximate surface area is 135 Å². The van der Waals surface area contributed by atoms with Crippen LogP contribution in [0.3, 0.4) is 0 Å². The van der Waals surface area contributed by atoms with Crippen LogP contribution in [0.5, 0.6) is 0 Å². The van der Waals surface area contributed by atoms with E-state index >= 15 is 0 Å². The Morgan fingerprint density at radius 1 is 1.26 bits per heavy atom. The number of hydrogen-bond acceptors (Lipinski definition) is 4. The molecular weight excluding hydrogens is 290 g/mol. The number of nitrogens with zero attached hydrogens (tertiary/aromatic N) is 3. The Bertz CT molecular complexity index is 726. The van der Waals surface area contributed by atoms with E-state index in [2.05, 4.69) is 15.5 Å². The van der Waals surface area contributed by atoms with Crippen molar-refractivity contribution in [1.82, 2.24) is 19.9 Å². The highest BCUT2D eigenvalue weighted by atomic mass is 16.1. The summed E-state index contributed by atoms with van der Waals surface area (Å²) in [7, 11) is 0. The largest absolute Gasteiger partial charge is 0.349 e. The Morgan fingerprint density at radius 2 is 2.00 bits per heavy atom. The minimum Gasteiger partial charge on any atom is -0.349 e. The highest BCUT2D eigenvalue weighted by Gasteiger charge is 2.39. The molecule has 2 saturated carbocycles. The van der Waals surface area contributed by atoms with Crippen LogP contribution in [0, 0.1) is 18.8 Å². The second-order valence-electron chi connectivity index (χ2n) is 7.07. The summed E-state index contributed by atoms with van der Waals surface area (Å²) in [4.78, 5) is 12.7. The second kappa shape index (κ2) is 5.60. The van der Waals surface area contributed by atoms with Gasteiger partial charge in [0.2, 0.25) is 0 Å². The molecule has 0 radical (unpaired) electrons. The lowest BCUT2D eigenvalue weighted by molar-refractivity contribution is 0.0755. The van der Waals surface area contributed by atoms with Crippen LogP contribution in [-0.2, 0) is 0 Å². The van der Waals surface area contributed by atoms with Gasteiger partial charge in [0.1, 0.15) is 5.82 Å². The predicted molar refractivity (Wildman–Crippen MR) is 87.0 cm³/mol. The van der Waals surface area contributed by atoms with Crippen molar-refractivity contribution in [1.29, 1.82) is 0 Å². The summed E-state index contributed by atoms with van der Waals surface area (Å²) in [5.74, 6) is 1.84. The van der Waals surface area contributed by atoms with E-state index in [-0.39, 0.29) is 11.9 Å². The third kappa shape index (κ3) is 2.61. The summed E-state index contributed by atoms with van der Waals surface area (Å²) in [5, 5.41) is 11.4. The molecule has 2 fully saturated rings. The number of nitrogens with one attached hydrogen (secondary N) is 1. The van der Waals surface area contributed by atoms with E-state index in [1.807, 2.05) is 29.7 Å². The SMILES string of the molecule is Cc1nnc2ccc(C(=O)NC3C4CCCC3CC(N)C4)cn12. The fraction of sp³-hybridized carbons (Fsp3) is 0.588. The van der Waals surface area contributed by atoms with Crippen molar-refractivity contribution in [2.24, 2.45) is 17.6 Å². The minimum absolute atomic E-state index is 0.00243. The number of fused-ring (bicyclic) bond motifs is 3. The predicted octanol–water partition coefficient (Wildman–Crippen LogP) is 1.67. The highest BCUT2D eigenvalue weighted by molar-refractivity contribution is 5.94. The van der Waals surface area contributed by atoms with E-state index in [9.17, 15) is 4.79 Å². The summed E-state index contributed by atoms with van der Waals surface area (Å²) in [5.41, 5.74) is 7.59. The monoisotopic (exact) mass is 313 g/mol. The van der Waals surface area contributed by atoms with Gasteiger partial charge in [0, 0.05) is 18.3 Å². The van der Waals surface area contributed by atoms with Gasteiger partial charge in [-0.25, -0.2) is 0 Å². The lowest BCUT2D eigenvalue weighted by Crippen LogP contribution is -2.53. The molecule has 0 saturated heterocycles. The zero-order chi connectivity index (χ0) is 16.0. The number of aryl methyl sites for hydroxylation is 1. The van der Waals surface area contributed by atoms with Gasteiger partial charge in [-0.1, -0.05) is 6.42 Å². The van der Waals surface area contributed by atoms with Gasteiger partial charge < -0.3 is 11.1 Å². The topological polar surface area (TPSA) is 85.3 Å². The third-order valence-corrected chi connectivity index (χ3v) is 5.51. The van der Waals surface area contributed by atoms with Crippen LogP contribution in [0.25, 0.3) is 5.65 Å². The van der Waals surface area contributed by atoms with Gasteiger partial charge in [-0.2, -0.15) is 0 Å². The third-order valence-electron chi connectivity index (χ3n) is 5.51. The van der Waals surface area contributed by atoms with Crippen molar-refractivity contribution in [2.75, 3.05) is 0 Å². The van der Waals surface area contributed by atoms with Gasteiger partial charge in [-0.05, 0) is 56.6 Å². The molecule has 122 valence electrons. The van der Waals surface area contributed by atoms with Crippen molar-refractivity contribution < 1.29 is 4.79 Å². The van der Waals surface area contributed by atoms with Crippen molar-refractivity contribution >= 4 is 11.6 Å². The summed E-state index contributed by atoms with van der Waals surface area (Å²) < 4.78 is 1.85. The van der Waals surface area contributed by atoms with Crippen LogP contribution in [-0.4, -0.2) is 32.6 Å². The van der Waals surface area contributed by atoms with Crippen molar-refractivity contribution in [3.05, 3.63) is 29.7 Å². The molecule has 2 aliphatic rings. The number of amides is 1. The Morgan fingerprint density at radius 3 is 2.74 bits per heavy atom. The molecule has 0 aliphatic heterocycles. The molecule has 0 spiro atoms. The van der Waals surface area contributed by atoms with Crippen LogP contribution in [0.1, 0.15) is 48.3 Å². The Hall–Kier alpha value is -1.95. The number of hydrogen-bond donors (Lipinski definition) is 2. The number of pyridine rings is 1. The summed E-state index contributed by atoms with van der Waals surface area (Å²) in [6.07, 6.45) is 7.51. The lowest BCUT2D eigenvalue weighted by atomic mass is 9.67. The first-order valence-corrected chi connectivity index (χ1v) is 8.49. The summed E-state index contributed by atoms with van der Waals surface area (Å²) >= 11 is 0. The standard InChI is InChI=1S/C17H23N5O/c1-10-20-21-15-6-5-13(9-22(10)15)17(23)19-16-11-3-2-4-12(16)8-14(18)7-11/h5-6,9,11-12,14,16H,2-4,7-8,18H2,1H3,(H,19,23). The van der Waals surface area contributed by atoms with Crippen LogP contribution < -0.4 is 11.1 Å². The lowest BCUT2D eigenvalue weighted by Gasteiger charge is -2.45. The number of carbonyl (C=O) groups excluding carboxylic acids is 1. The molecule has 2 heterocycles. The van der Waals surface area contributed by atoms with E-state index in [4.69, 9.17) is 5.73 Å². The molecule has 6 nitrogen and oxygen atoms in total. The Kier molecular flexibility index (Phi) is 3.56.